The lowest BCUT2D eigenvalue weighted by Crippen LogP contribution is -2.27. The number of hydrogen-bond donors (Lipinski definition) is 1. The Bertz CT molecular complexity index is 881. The van der Waals surface area contributed by atoms with Crippen molar-refractivity contribution >= 4 is 23.1 Å². The number of nitrogens with one attached hydrogen (secondary N) is 1. The number of imidazole rings is 1. The lowest BCUT2D eigenvalue weighted by Gasteiger charge is -2.22. The Kier molecular flexibility index (Phi) is 4.18. The molecule has 0 unspecified atom stereocenters. The van der Waals surface area contributed by atoms with Gasteiger partial charge < -0.3 is 5.32 Å². The van der Waals surface area contributed by atoms with Gasteiger partial charge in [0.1, 0.15) is 17.2 Å². The molecule has 3 aromatic rings. The lowest BCUT2D eigenvalue weighted by atomic mass is 10.1. The number of anilines is 1. The monoisotopic (exact) mass is 319 g/mol. The normalized spacial score (nSPS) is 12.6. The molecular weight excluding hydrogens is 294 g/mol. The minimum absolute atomic E-state index is 0.0402. The summed E-state index contributed by atoms with van der Waals surface area (Å²) >= 11 is 0. The zero-order valence-electron chi connectivity index (χ0n) is 15.1. The molecule has 24 heavy (non-hydrogen) atoms. The summed E-state index contributed by atoms with van der Waals surface area (Å²) < 4.78 is 2.15. The summed E-state index contributed by atoms with van der Waals surface area (Å²) in [6.07, 6.45) is 4.32. The first-order valence-corrected chi connectivity index (χ1v) is 8.34. The van der Waals surface area contributed by atoms with Crippen molar-refractivity contribution < 1.29 is 0 Å². The van der Waals surface area contributed by atoms with Gasteiger partial charge in [0.2, 0.25) is 0 Å². The molecule has 0 radical (unpaired) electrons. The van der Waals surface area contributed by atoms with Crippen LogP contribution in [0.15, 0.2) is 48.7 Å². The largest absolute Gasteiger partial charge is 0.365 e. The standard InChI is InChI=1S/C21H25N3/c1-15-11-12-18-22-19(16(2)13-17-9-7-6-8-10-17)20(24(18)14-15)23-21(3,4)5/h6-14,23H,1-5H3/b16-13+. The van der Waals surface area contributed by atoms with E-state index < -0.39 is 0 Å². The second kappa shape index (κ2) is 6.16. The van der Waals surface area contributed by atoms with Gasteiger partial charge in [0, 0.05) is 11.7 Å². The molecule has 124 valence electrons. The molecule has 0 amide bonds. The molecule has 0 saturated heterocycles. The number of aryl methyl sites for hydroxylation is 1. The van der Waals surface area contributed by atoms with Gasteiger partial charge in [0.05, 0.1) is 0 Å². The molecule has 0 fully saturated rings. The zero-order chi connectivity index (χ0) is 17.3. The Labute approximate surface area is 144 Å². The van der Waals surface area contributed by atoms with E-state index >= 15 is 0 Å². The Morgan fingerprint density at radius 2 is 1.79 bits per heavy atom. The van der Waals surface area contributed by atoms with E-state index in [1.54, 1.807) is 0 Å². The lowest BCUT2D eigenvalue weighted by molar-refractivity contribution is 0.629. The summed E-state index contributed by atoms with van der Waals surface area (Å²) in [5.41, 5.74) is 5.47. The fourth-order valence-electron chi connectivity index (χ4n) is 2.77. The third-order valence-electron chi connectivity index (χ3n) is 3.82. The maximum Gasteiger partial charge on any atom is 0.139 e. The van der Waals surface area contributed by atoms with Crippen LogP contribution in [0, 0.1) is 6.92 Å². The van der Waals surface area contributed by atoms with Crippen LogP contribution in [0.1, 0.15) is 44.5 Å². The Morgan fingerprint density at radius 1 is 1.08 bits per heavy atom. The molecule has 0 atom stereocenters. The minimum atomic E-state index is -0.0402. The number of fused-ring (bicyclic) bond motifs is 1. The van der Waals surface area contributed by atoms with E-state index in [1.165, 1.54) is 11.1 Å². The van der Waals surface area contributed by atoms with Crippen molar-refractivity contribution in [3.8, 4) is 0 Å². The van der Waals surface area contributed by atoms with Crippen LogP contribution in [0.5, 0.6) is 0 Å². The Balaban J connectivity index is 2.16. The van der Waals surface area contributed by atoms with Crippen molar-refractivity contribution in [2.45, 2.75) is 40.2 Å². The van der Waals surface area contributed by atoms with Crippen molar-refractivity contribution in [3.05, 3.63) is 65.5 Å². The predicted octanol–water partition coefficient (Wildman–Crippen LogP) is 5.41. The zero-order valence-corrected chi connectivity index (χ0v) is 15.1. The molecule has 2 aromatic heterocycles. The molecule has 0 aliphatic carbocycles. The summed E-state index contributed by atoms with van der Waals surface area (Å²) in [6.45, 7) is 10.7. The van der Waals surface area contributed by atoms with Gasteiger partial charge in [0.25, 0.3) is 0 Å². The van der Waals surface area contributed by atoms with Crippen molar-refractivity contribution in [1.29, 1.82) is 0 Å². The van der Waals surface area contributed by atoms with E-state index in [2.05, 4.69) is 93.0 Å². The van der Waals surface area contributed by atoms with E-state index in [-0.39, 0.29) is 5.54 Å². The van der Waals surface area contributed by atoms with Gasteiger partial charge in [-0.2, -0.15) is 0 Å². The third-order valence-corrected chi connectivity index (χ3v) is 3.82. The molecular formula is C21H25N3. The van der Waals surface area contributed by atoms with Gasteiger partial charge in [-0.05, 0) is 63.5 Å². The van der Waals surface area contributed by atoms with Gasteiger partial charge in [-0.1, -0.05) is 36.4 Å². The minimum Gasteiger partial charge on any atom is -0.365 e. The van der Waals surface area contributed by atoms with Crippen LogP contribution in [-0.2, 0) is 0 Å². The van der Waals surface area contributed by atoms with E-state index in [0.717, 1.165) is 22.7 Å². The van der Waals surface area contributed by atoms with Crippen LogP contribution < -0.4 is 5.32 Å². The Hall–Kier alpha value is -2.55. The highest BCUT2D eigenvalue weighted by atomic mass is 15.2. The van der Waals surface area contributed by atoms with Crippen LogP contribution in [-0.4, -0.2) is 14.9 Å². The second-order valence-corrected chi connectivity index (χ2v) is 7.36. The second-order valence-electron chi connectivity index (χ2n) is 7.36. The van der Waals surface area contributed by atoms with Crippen molar-refractivity contribution in [2.24, 2.45) is 0 Å². The van der Waals surface area contributed by atoms with Crippen LogP contribution in [0.4, 0.5) is 5.82 Å². The van der Waals surface area contributed by atoms with Gasteiger partial charge in [-0.25, -0.2) is 4.98 Å². The molecule has 0 saturated carbocycles. The summed E-state index contributed by atoms with van der Waals surface area (Å²) in [5.74, 6) is 1.05. The highest BCUT2D eigenvalue weighted by molar-refractivity contribution is 5.85. The SMILES string of the molecule is C/C(=C\c1ccccc1)c1nc2ccc(C)cn2c1NC(C)(C)C. The van der Waals surface area contributed by atoms with Crippen LogP contribution in [0.3, 0.4) is 0 Å². The Morgan fingerprint density at radius 3 is 2.46 bits per heavy atom. The molecule has 0 spiro atoms. The van der Waals surface area contributed by atoms with Gasteiger partial charge in [0.15, 0.2) is 0 Å². The molecule has 1 N–H and O–H groups in total. The summed E-state index contributed by atoms with van der Waals surface area (Å²) in [4.78, 5) is 4.87. The first-order chi connectivity index (χ1) is 11.3. The summed E-state index contributed by atoms with van der Waals surface area (Å²) in [5, 5.41) is 3.63. The van der Waals surface area contributed by atoms with Gasteiger partial charge in [-0.3, -0.25) is 4.40 Å². The first kappa shape index (κ1) is 16.3. The van der Waals surface area contributed by atoms with Gasteiger partial charge in [-0.15, -0.1) is 0 Å². The quantitative estimate of drug-likeness (QED) is 0.699. The van der Waals surface area contributed by atoms with Crippen LogP contribution in [0.2, 0.25) is 0 Å². The highest BCUT2D eigenvalue weighted by Crippen LogP contribution is 2.29. The molecule has 3 nitrogen and oxygen atoms in total. The van der Waals surface area contributed by atoms with Crippen molar-refractivity contribution in [1.82, 2.24) is 9.38 Å². The van der Waals surface area contributed by atoms with Crippen molar-refractivity contribution in [3.63, 3.8) is 0 Å². The molecule has 3 rings (SSSR count). The maximum atomic E-state index is 4.87. The molecule has 0 bridgehead atoms. The number of pyridine rings is 1. The summed E-state index contributed by atoms with van der Waals surface area (Å²) in [7, 11) is 0. The maximum absolute atomic E-state index is 4.87. The number of aromatic nitrogens is 2. The van der Waals surface area contributed by atoms with Gasteiger partial charge >= 0.3 is 0 Å². The van der Waals surface area contributed by atoms with E-state index in [9.17, 15) is 0 Å². The molecule has 2 heterocycles. The number of rotatable bonds is 3. The average Bonchev–Trinajstić information content (AvgIpc) is 2.85. The molecule has 1 aromatic carbocycles. The van der Waals surface area contributed by atoms with Crippen molar-refractivity contribution in [2.75, 3.05) is 5.32 Å². The average molecular weight is 319 g/mol. The predicted molar refractivity (Wildman–Crippen MR) is 103 cm³/mol. The summed E-state index contributed by atoms with van der Waals surface area (Å²) in [6, 6.07) is 14.5. The topological polar surface area (TPSA) is 29.3 Å². The molecule has 0 aliphatic rings. The van der Waals surface area contributed by atoms with Crippen LogP contribution >= 0.6 is 0 Å². The number of nitrogens with zero attached hydrogens (tertiary/aromatic N) is 2. The van der Waals surface area contributed by atoms with E-state index in [1.807, 2.05) is 6.07 Å². The number of hydrogen-bond acceptors (Lipinski definition) is 2. The fourth-order valence-corrected chi connectivity index (χ4v) is 2.77. The third kappa shape index (κ3) is 3.51. The highest BCUT2D eigenvalue weighted by Gasteiger charge is 2.19. The first-order valence-electron chi connectivity index (χ1n) is 8.34. The van der Waals surface area contributed by atoms with E-state index in [0.29, 0.717) is 0 Å². The van der Waals surface area contributed by atoms with Crippen LogP contribution in [0.25, 0.3) is 17.3 Å². The molecule has 3 heteroatoms. The fraction of sp³-hybridized carbons (Fsp3) is 0.286. The number of benzene rings is 1. The number of allylic oxidation sites excluding steroid dienone is 1. The molecule has 0 aliphatic heterocycles. The smallest absolute Gasteiger partial charge is 0.139 e. The van der Waals surface area contributed by atoms with E-state index in [4.69, 9.17) is 4.98 Å².